The molecule has 4 nitrogen and oxygen atoms in total. The number of sulfone groups is 1. The van der Waals surface area contributed by atoms with E-state index < -0.39 is 9.84 Å². The summed E-state index contributed by atoms with van der Waals surface area (Å²) in [6.45, 7) is 2.25. The normalized spacial score (nSPS) is 19.3. The SMILES string of the molecule is Cc1oc2c(c1CN)CCS(=O)(=O)C2. The van der Waals surface area contributed by atoms with Gasteiger partial charge in [-0.25, -0.2) is 8.42 Å². The van der Waals surface area contributed by atoms with E-state index in [1.807, 2.05) is 6.92 Å². The minimum absolute atomic E-state index is 0.0309. The third-order valence-electron chi connectivity index (χ3n) is 2.62. The minimum Gasteiger partial charge on any atom is -0.465 e. The van der Waals surface area contributed by atoms with E-state index in [9.17, 15) is 8.42 Å². The summed E-state index contributed by atoms with van der Waals surface area (Å²) < 4.78 is 28.1. The molecule has 2 heterocycles. The topological polar surface area (TPSA) is 73.3 Å². The van der Waals surface area contributed by atoms with Crippen molar-refractivity contribution in [1.29, 1.82) is 0 Å². The lowest BCUT2D eigenvalue weighted by molar-refractivity contribution is 0.486. The molecule has 1 aromatic rings. The maximum atomic E-state index is 11.3. The van der Waals surface area contributed by atoms with Crippen molar-refractivity contribution in [1.82, 2.24) is 0 Å². The zero-order valence-electron chi connectivity index (χ0n) is 8.04. The molecule has 0 aromatic carbocycles. The molecule has 0 atom stereocenters. The lowest BCUT2D eigenvalue weighted by Crippen LogP contribution is -2.18. The van der Waals surface area contributed by atoms with E-state index in [0.717, 1.165) is 16.9 Å². The molecule has 2 rings (SSSR count). The molecule has 0 aliphatic carbocycles. The molecule has 0 radical (unpaired) electrons. The van der Waals surface area contributed by atoms with Crippen LogP contribution in [0, 0.1) is 6.92 Å². The van der Waals surface area contributed by atoms with Gasteiger partial charge in [0.25, 0.3) is 0 Å². The van der Waals surface area contributed by atoms with Crippen molar-refractivity contribution < 1.29 is 12.8 Å². The molecule has 0 unspecified atom stereocenters. The Kier molecular flexibility index (Phi) is 2.16. The van der Waals surface area contributed by atoms with E-state index in [1.165, 1.54) is 0 Å². The highest BCUT2D eigenvalue weighted by atomic mass is 32.2. The molecule has 5 heteroatoms. The Balaban J connectivity index is 2.51. The van der Waals surface area contributed by atoms with Crippen LogP contribution < -0.4 is 5.73 Å². The van der Waals surface area contributed by atoms with Crippen LogP contribution in [0.15, 0.2) is 4.42 Å². The van der Waals surface area contributed by atoms with Crippen LogP contribution >= 0.6 is 0 Å². The van der Waals surface area contributed by atoms with Gasteiger partial charge in [0.2, 0.25) is 0 Å². The molecule has 1 aliphatic heterocycles. The highest BCUT2D eigenvalue weighted by Gasteiger charge is 2.27. The Labute approximate surface area is 83.0 Å². The van der Waals surface area contributed by atoms with Crippen LogP contribution in [-0.4, -0.2) is 14.2 Å². The summed E-state index contributed by atoms with van der Waals surface area (Å²) in [6.07, 6.45) is 0.543. The number of aryl methyl sites for hydroxylation is 1. The summed E-state index contributed by atoms with van der Waals surface area (Å²) in [7, 11) is -2.94. The van der Waals surface area contributed by atoms with Crippen LogP contribution in [0.2, 0.25) is 0 Å². The van der Waals surface area contributed by atoms with E-state index in [4.69, 9.17) is 10.2 Å². The van der Waals surface area contributed by atoms with E-state index >= 15 is 0 Å². The standard InChI is InChI=1S/C9H13NO3S/c1-6-8(4-10)7-2-3-14(11,12)5-9(7)13-6/h2-5,10H2,1H3. The number of fused-ring (bicyclic) bond motifs is 1. The first kappa shape index (κ1) is 9.73. The summed E-state index contributed by atoms with van der Waals surface area (Å²) in [5.74, 6) is 1.60. The number of rotatable bonds is 1. The van der Waals surface area contributed by atoms with Gasteiger partial charge in [-0.05, 0) is 13.3 Å². The molecule has 0 fully saturated rings. The molecule has 1 aromatic heterocycles. The zero-order chi connectivity index (χ0) is 10.3. The highest BCUT2D eigenvalue weighted by molar-refractivity contribution is 7.90. The summed E-state index contributed by atoms with van der Waals surface area (Å²) in [6, 6.07) is 0. The van der Waals surface area contributed by atoms with Gasteiger partial charge in [0.15, 0.2) is 9.84 Å². The molecule has 0 saturated carbocycles. The second-order valence-corrected chi connectivity index (χ2v) is 5.77. The van der Waals surface area contributed by atoms with Crippen molar-refractivity contribution in [3.05, 3.63) is 22.6 Å². The number of hydrogen-bond donors (Lipinski definition) is 1. The molecule has 1 aliphatic rings. The molecule has 2 N–H and O–H groups in total. The highest BCUT2D eigenvalue weighted by Crippen LogP contribution is 2.28. The first-order chi connectivity index (χ1) is 6.53. The average Bonchev–Trinajstić information content (AvgIpc) is 2.37. The van der Waals surface area contributed by atoms with Crippen molar-refractivity contribution in [3.63, 3.8) is 0 Å². The van der Waals surface area contributed by atoms with Crippen molar-refractivity contribution in [2.45, 2.75) is 25.6 Å². The largest absolute Gasteiger partial charge is 0.465 e. The molecule has 0 amide bonds. The fourth-order valence-corrected chi connectivity index (χ4v) is 3.18. The molecule has 0 bridgehead atoms. The Morgan fingerprint density at radius 1 is 1.50 bits per heavy atom. The summed E-state index contributed by atoms with van der Waals surface area (Å²) in [5.41, 5.74) is 7.57. The molecule has 78 valence electrons. The van der Waals surface area contributed by atoms with Gasteiger partial charge in [-0.15, -0.1) is 0 Å². The second kappa shape index (κ2) is 3.10. The average molecular weight is 215 g/mol. The van der Waals surface area contributed by atoms with Crippen LogP contribution in [0.5, 0.6) is 0 Å². The summed E-state index contributed by atoms with van der Waals surface area (Å²) >= 11 is 0. The van der Waals surface area contributed by atoms with Crippen LogP contribution in [0.1, 0.15) is 22.6 Å². The Hall–Kier alpha value is -0.810. The van der Waals surface area contributed by atoms with Crippen LogP contribution in [0.3, 0.4) is 0 Å². The zero-order valence-corrected chi connectivity index (χ0v) is 8.86. The quantitative estimate of drug-likeness (QED) is 0.741. The van der Waals surface area contributed by atoms with Gasteiger partial charge >= 0.3 is 0 Å². The van der Waals surface area contributed by atoms with Gasteiger partial charge in [0.05, 0.1) is 5.75 Å². The lowest BCUT2D eigenvalue weighted by Gasteiger charge is -2.11. The predicted molar refractivity (Wildman–Crippen MR) is 52.5 cm³/mol. The van der Waals surface area contributed by atoms with E-state index in [1.54, 1.807) is 0 Å². The first-order valence-corrected chi connectivity index (χ1v) is 6.36. The van der Waals surface area contributed by atoms with E-state index in [2.05, 4.69) is 0 Å². The number of furan rings is 1. The van der Waals surface area contributed by atoms with Gasteiger partial charge in [0, 0.05) is 17.7 Å². The van der Waals surface area contributed by atoms with Crippen molar-refractivity contribution in [2.75, 3.05) is 5.75 Å². The number of nitrogens with two attached hydrogens (primary N) is 1. The van der Waals surface area contributed by atoms with Crippen molar-refractivity contribution >= 4 is 9.84 Å². The fourth-order valence-electron chi connectivity index (χ4n) is 1.89. The second-order valence-electron chi connectivity index (χ2n) is 3.58. The Morgan fingerprint density at radius 2 is 2.21 bits per heavy atom. The van der Waals surface area contributed by atoms with E-state index in [-0.39, 0.29) is 11.5 Å². The fraction of sp³-hybridized carbons (Fsp3) is 0.556. The van der Waals surface area contributed by atoms with Crippen molar-refractivity contribution in [2.24, 2.45) is 5.73 Å². The molecular weight excluding hydrogens is 202 g/mol. The lowest BCUT2D eigenvalue weighted by atomic mass is 10.1. The van der Waals surface area contributed by atoms with E-state index in [0.29, 0.717) is 18.7 Å². The van der Waals surface area contributed by atoms with Gasteiger partial charge in [-0.1, -0.05) is 0 Å². The van der Waals surface area contributed by atoms with Crippen LogP contribution in [-0.2, 0) is 28.6 Å². The molecule has 0 spiro atoms. The Morgan fingerprint density at radius 3 is 2.86 bits per heavy atom. The summed E-state index contributed by atoms with van der Waals surface area (Å²) in [5, 5.41) is 0. The predicted octanol–water partition coefficient (Wildman–Crippen LogP) is 0.518. The van der Waals surface area contributed by atoms with Crippen LogP contribution in [0.25, 0.3) is 0 Å². The molecule has 0 saturated heterocycles. The monoisotopic (exact) mass is 215 g/mol. The van der Waals surface area contributed by atoms with Crippen molar-refractivity contribution in [3.8, 4) is 0 Å². The maximum Gasteiger partial charge on any atom is 0.157 e. The van der Waals surface area contributed by atoms with Gasteiger partial charge < -0.3 is 10.2 Å². The van der Waals surface area contributed by atoms with Gasteiger partial charge in [-0.2, -0.15) is 0 Å². The first-order valence-electron chi connectivity index (χ1n) is 4.54. The van der Waals surface area contributed by atoms with Crippen LogP contribution in [0.4, 0.5) is 0 Å². The third kappa shape index (κ3) is 1.46. The smallest absolute Gasteiger partial charge is 0.157 e. The van der Waals surface area contributed by atoms with Gasteiger partial charge in [-0.3, -0.25) is 0 Å². The summed E-state index contributed by atoms with van der Waals surface area (Å²) in [4.78, 5) is 0. The Bertz CT molecular complexity index is 459. The van der Waals surface area contributed by atoms with Gasteiger partial charge in [0.1, 0.15) is 17.3 Å². The maximum absolute atomic E-state index is 11.3. The number of hydrogen-bond acceptors (Lipinski definition) is 4. The molecular formula is C9H13NO3S. The third-order valence-corrected chi connectivity index (χ3v) is 4.15. The molecule has 14 heavy (non-hydrogen) atoms. The minimum atomic E-state index is -2.94.